The second-order valence-electron chi connectivity index (χ2n) is 4.27. The Hall–Kier alpha value is -1.93. The van der Waals surface area contributed by atoms with Crippen molar-refractivity contribution in [1.82, 2.24) is 9.97 Å². The van der Waals surface area contributed by atoms with Gasteiger partial charge in [-0.05, 0) is 36.4 Å². The van der Waals surface area contributed by atoms with Crippen molar-refractivity contribution in [3.8, 4) is 6.07 Å². The molecule has 90 valence electrons. The smallest absolute Gasteiger partial charge is 0.227 e. The van der Waals surface area contributed by atoms with Gasteiger partial charge in [-0.1, -0.05) is 0 Å². The van der Waals surface area contributed by atoms with Crippen LogP contribution in [0.5, 0.6) is 0 Å². The van der Waals surface area contributed by atoms with Crippen molar-refractivity contribution in [3.05, 3.63) is 39.8 Å². The van der Waals surface area contributed by atoms with Gasteiger partial charge in [0.25, 0.3) is 0 Å². The van der Waals surface area contributed by atoms with E-state index in [0.29, 0.717) is 11.6 Å². The third-order valence-electron chi connectivity index (χ3n) is 3.29. The van der Waals surface area contributed by atoms with Crippen LogP contribution >= 0.6 is 11.3 Å². The van der Waals surface area contributed by atoms with E-state index in [9.17, 15) is 0 Å². The monoisotopic (exact) mass is 256 g/mol. The van der Waals surface area contributed by atoms with Crippen molar-refractivity contribution in [2.75, 3.05) is 11.4 Å². The number of rotatable bonds is 1. The summed E-state index contributed by atoms with van der Waals surface area (Å²) in [6.45, 7) is 3.07. The Morgan fingerprint density at radius 3 is 3.22 bits per heavy atom. The minimum absolute atomic E-state index is 0.272. The zero-order chi connectivity index (χ0) is 12.5. The van der Waals surface area contributed by atoms with Crippen LogP contribution in [0, 0.1) is 11.3 Å². The number of fused-ring (bicyclic) bond motifs is 1. The first-order valence-electron chi connectivity index (χ1n) is 5.85. The Labute approximate surface area is 110 Å². The van der Waals surface area contributed by atoms with E-state index in [4.69, 9.17) is 5.26 Å². The summed E-state index contributed by atoms with van der Waals surface area (Å²) in [5.74, 6) is 0.651. The number of nitrogens with zero attached hydrogens (tertiary/aromatic N) is 4. The van der Waals surface area contributed by atoms with Gasteiger partial charge in [-0.3, -0.25) is 0 Å². The molecule has 0 aliphatic carbocycles. The van der Waals surface area contributed by atoms with Crippen molar-refractivity contribution in [3.63, 3.8) is 0 Å². The second-order valence-corrected chi connectivity index (χ2v) is 5.27. The summed E-state index contributed by atoms with van der Waals surface area (Å²) in [6, 6.07) is 6.14. The highest BCUT2D eigenvalue weighted by Crippen LogP contribution is 2.34. The maximum absolute atomic E-state index is 8.89. The van der Waals surface area contributed by atoms with Gasteiger partial charge in [0.1, 0.15) is 11.8 Å². The largest absolute Gasteiger partial charge is 0.334 e. The van der Waals surface area contributed by atoms with Crippen molar-refractivity contribution < 1.29 is 0 Å². The molecule has 0 fully saturated rings. The molecule has 2 aromatic heterocycles. The highest BCUT2D eigenvalue weighted by atomic mass is 32.1. The Morgan fingerprint density at radius 2 is 2.39 bits per heavy atom. The first kappa shape index (κ1) is 11.2. The lowest BCUT2D eigenvalue weighted by atomic mass is 10.0. The van der Waals surface area contributed by atoms with Crippen LogP contribution in [0.4, 0.5) is 5.95 Å². The molecule has 0 aromatic carbocycles. The molecule has 3 rings (SSSR count). The molecule has 0 saturated carbocycles. The maximum Gasteiger partial charge on any atom is 0.227 e. The van der Waals surface area contributed by atoms with Crippen LogP contribution in [0.1, 0.15) is 29.1 Å². The van der Waals surface area contributed by atoms with E-state index in [-0.39, 0.29) is 6.04 Å². The van der Waals surface area contributed by atoms with E-state index in [1.807, 2.05) is 11.3 Å². The van der Waals surface area contributed by atoms with E-state index in [1.165, 1.54) is 10.4 Å². The van der Waals surface area contributed by atoms with Gasteiger partial charge in [0.05, 0.1) is 6.04 Å². The summed E-state index contributed by atoms with van der Waals surface area (Å²) in [5.41, 5.74) is 1.78. The number of aromatic nitrogens is 2. The van der Waals surface area contributed by atoms with Gasteiger partial charge < -0.3 is 4.90 Å². The lowest BCUT2D eigenvalue weighted by Crippen LogP contribution is -2.34. The first-order chi connectivity index (χ1) is 8.79. The average Bonchev–Trinajstić information content (AvgIpc) is 2.88. The summed E-state index contributed by atoms with van der Waals surface area (Å²) < 4.78 is 0. The van der Waals surface area contributed by atoms with E-state index in [2.05, 4.69) is 39.3 Å². The van der Waals surface area contributed by atoms with Crippen molar-refractivity contribution in [1.29, 1.82) is 5.26 Å². The van der Waals surface area contributed by atoms with Gasteiger partial charge in [0, 0.05) is 17.6 Å². The van der Waals surface area contributed by atoms with Crippen LogP contribution in [-0.2, 0) is 6.42 Å². The SMILES string of the molecule is CC1c2ccsc2CCN1c1nccc(C#N)n1. The van der Waals surface area contributed by atoms with Crippen molar-refractivity contribution in [2.24, 2.45) is 0 Å². The van der Waals surface area contributed by atoms with Crippen LogP contribution in [-0.4, -0.2) is 16.5 Å². The normalized spacial score (nSPS) is 18.2. The second kappa shape index (κ2) is 4.39. The van der Waals surface area contributed by atoms with E-state index < -0.39 is 0 Å². The zero-order valence-corrected chi connectivity index (χ0v) is 10.8. The summed E-state index contributed by atoms with van der Waals surface area (Å²) in [4.78, 5) is 12.2. The predicted octanol–water partition coefficient (Wildman–Crippen LogP) is 2.53. The molecular weight excluding hydrogens is 244 g/mol. The number of thiophene rings is 1. The van der Waals surface area contributed by atoms with Crippen LogP contribution in [0.25, 0.3) is 0 Å². The molecule has 0 saturated heterocycles. The first-order valence-corrected chi connectivity index (χ1v) is 6.73. The molecule has 1 atom stereocenters. The molecule has 3 heterocycles. The molecule has 1 aliphatic heterocycles. The quantitative estimate of drug-likeness (QED) is 0.786. The number of hydrogen-bond acceptors (Lipinski definition) is 5. The average molecular weight is 256 g/mol. The van der Waals surface area contributed by atoms with Crippen molar-refractivity contribution in [2.45, 2.75) is 19.4 Å². The highest BCUT2D eigenvalue weighted by molar-refractivity contribution is 7.10. The molecule has 0 N–H and O–H groups in total. The van der Waals surface area contributed by atoms with Gasteiger partial charge >= 0.3 is 0 Å². The standard InChI is InChI=1S/C13H12N4S/c1-9-11-4-7-18-12(11)3-6-17(9)13-15-5-2-10(8-14)16-13/h2,4-5,7,9H,3,6H2,1H3. The van der Waals surface area contributed by atoms with Gasteiger partial charge in [0.2, 0.25) is 5.95 Å². The van der Waals surface area contributed by atoms with Crippen molar-refractivity contribution >= 4 is 17.3 Å². The predicted molar refractivity (Wildman–Crippen MR) is 70.5 cm³/mol. The number of nitriles is 1. The third kappa shape index (κ3) is 1.75. The molecule has 18 heavy (non-hydrogen) atoms. The fraction of sp³-hybridized carbons (Fsp3) is 0.308. The Morgan fingerprint density at radius 1 is 1.50 bits per heavy atom. The summed E-state index contributed by atoms with van der Waals surface area (Å²) >= 11 is 1.81. The summed E-state index contributed by atoms with van der Waals surface area (Å²) in [5, 5.41) is 11.0. The molecular formula is C13H12N4S. The minimum Gasteiger partial charge on any atom is -0.334 e. The third-order valence-corrected chi connectivity index (χ3v) is 4.29. The Balaban J connectivity index is 1.97. The molecule has 2 aromatic rings. The van der Waals surface area contributed by atoms with E-state index >= 15 is 0 Å². The summed E-state index contributed by atoms with van der Waals surface area (Å²) in [6.07, 6.45) is 2.67. The van der Waals surface area contributed by atoms with Gasteiger partial charge in [0.15, 0.2) is 0 Å². The molecule has 0 bridgehead atoms. The number of hydrogen-bond donors (Lipinski definition) is 0. The van der Waals surface area contributed by atoms with E-state index in [0.717, 1.165) is 13.0 Å². The van der Waals surface area contributed by atoms with Crippen LogP contribution in [0.2, 0.25) is 0 Å². The molecule has 5 heteroatoms. The van der Waals surface area contributed by atoms with Gasteiger partial charge in [-0.2, -0.15) is 5.26 Å². The molecule has 1 aliphatic rings. The molecule has 4 nitrogen and oxygen atoms in total. The van der Waals surface area contributed by atoms with Gasteiger partial charge in [-0.25, -0.2) is 9.97 Å². The molecule has 0 amide bonds. The fourth-order valence-corrected chi connectivity index (χ4v) is 3.29. The van der Waals surface area contributed by atoms with Crippen LogP contribution < -0.4 is 4.90 Å². The number of anilines is 1. The summed E-state index contributed by atoms with van der Waals surface area (Å²) in [7, 11) is 0. The Bertz CT molecular complexity index is 613. The lowest BCUT2D eigenvalue weighted by molar-refractivity contribution is 0.615. The topological polar surface area (TPSA) is 52.8 Å². The highest BCUT2D eigenvalue weighted by Gasteiger charge is 2.26. The molecule has 0 radical (unpaired) electrons. The molecule has 0 spiro atoms. The zero-order valence-electron chi connectivity index (χ0n) is 10.00. The Kier molecular flexibility index (Phi) is 2.73. The lowest BCUT2D eigenvalue weighted by Gasteiger charge is -2.33. The maximum atomic E-state index is 8.89. The van der Waals surface area contributed by atoms with Crippen LogP contribution in [0.3, 0.4) is 0 Å². The van der Waals surface area contributed by atoms with E-state index in [1.54, 1.807) is 12.3 Å². The minimum atomic E-state index is 0.272. The fourth-order valence-electron chi connectivity index (χ4n) is 2.33. The van der Waals surface area contributed by atoms with Gasteiger partial charge in [-0.15, -0.1) is 11.3 Å². The molecule has 1 unspecified atom stereocenters. The van der Waals surface area contributed by atoms with Crippen LogP contribution in [0.15, 0.2) is 23.7 Å².